The zero-order valence-electron chi connectivity index (χ0n) is 12.7. The molecule has 0 aromatic heterocycles. The lowest BCUT2D eigenvalue weighted by atomic mass is 10.0. The third-order valence-corrected chi connectivity index (χ3v) is 4.29. The first-order valence-corrected chi connectivity index (χ1v) is 7.63. The number of rotatable bonds is 2. The molecule has 20 heavy (non-hydrogen) atoms. The van der Waals surface area contributed by atoms with Crippen LogP contribution in [0.3, 0.4) is 0 Å². The van der Waals surface area contributed by atoms with Crippen LogP contribution in [0.25, 0.3) is 0 Å². The maximum atomic E-state index is 6.21. The molecule has 0 aliphatic carbocycles. The lowest BCUT2D eigenvalue weighted by Gasteiger charge is -2.40. The van der Waals surface area contributed by atoms with E-state index in [1.807, 2.05) is 0 Å². The van der Waals surface area contributed by atoms with Crippen molar-refractivity contribution in [3.8, 4) is 5.75 Å². The van der Waals surface area contributed by atoms with Gasteiger partial charge in [-0.2, -0.15) is 0 Å². The van der Waals surface area contributed by atoms with E-state index in [2.05, 4.69) is 54.2 Å². The van der Waals surface area contributed by atoms with E-state index >= 15 is 0 Å². The Hall–Kier alpha value is -1.42. The van der Waals surface area contributed by atoms with Crippen molar-refractivity contribution in [1.82, 2.24) is 5.32 Å². The topological polar surface area (TPSA) is 27.7 Å². The van der Waals surface area contributed by atoms with Crippen LogP contribution < -0.4 is 19.9 Å². The molecule has 1 atom stereocenters. The fraction of sp³-hybridized carbons (Fsp3) is 0.625. The second-order valence-corrected chi connectivity index (χ2v) is 6.14. The summed E-state index contributed by atoms with van der Waals surface area (Å²) in [5.41, 5.74) is 2.57. The van der Waals surface area contributed by atoms with E-state index in [4.69, 9.17) is 4.74 Å². The van der Waals surface area contributed by atoms with Crippen molar-refractivity contribution in [1.29, 1.82) is 0 Å². The van der Waals surface area contributed by atoms with Crippen LogP contribution in [0.1, 0.15) is 13.8 Å². The number of nitrogens with one attached hydrogen (secondary N) is 1. The molecule has 0 radical (unpaired) electrons. The van der Waals surface area contributed by atoms with Gasteiger partial charge in [-0.15, -0.1) is 0 Å². The van der Waals surface area contributed by atoms with E-state index < -0.39 is 0 Å². The number of hydrogen-bond donors (Lipinski definition) is 1. The number of piperazine rings is 1. The molecule has 1 N–H and O–H groups in total. The zero-order valence-corrected chi connectivity index (χ0v) is 12.7. The van der Waals surface area contributed by atoms with Gasteiger partial charge in [0.1, 0.15) is 17.5 Å². The highest BCUT2D eigenvalue weighted by molar-refractivity contribution is 5.78. The van der Waals surface area contributed by atoms with Crippen LogP contribution in [0.4, 0.5) is 11.4 Å². The van der Waals surface area contributed by atoms with Gasteiger partial charge in [0.25, 0.3) is 0 Å². The van der Waals surface area contributed by atoms with Gasteiger partial charge in [-0.3, -0.25) is 0 Å². The van der Waals surface area contributed by atoms with Gasteiger partial charge in [-0.05, 0) is 18.1 Å². The Morgan fingerprint density at radius 1 is 1.25 bits per heavy atom. The summed E-state index contributed by atoms with van der Waals surface area (Å²) in [5.74, 6) is 1.57. The predicted octanol–water partition coefficient (Wildman–Crippen LogP) is 1.95. The van der Waals surface area contributed by atoms with E-state index in [9.17, 15) is 0 Å². The number of hydrogen-bond acceptors (Lipinski definition) is 4. The summed E-state index contributed by atoms with van der Waals surface area (Å²) in [4.78, 5) is 4.83. The Morgan fingerprint density at radius 3 is 2.70 bits per heavy atom. The van der Waals surface area contributed by atoms with Crippen LogP contribution in [-0.2, 0) is 0 Å². The lowest BCUT2D eigenvalue weighted by molar-refractivity contribution is 0.148. The van der Waals surface area contributed by atoms with Crippen molar-refractivity contribution in [2.45, 2.75) is 20.0 Å². The maximum absolute atomic E-state index is 6.21. The van der Waals surface area contributed by atoms with Crippen LogP contribution in [0.15, 0.2) is 18.2 Å². The molecule has 1 aromatic carbocycles. The Balaban J connectivity index is 1.93. The van der Waals surface area contributed by atoms with Crippen LogP contribution in [0, 0.1) is 5.92 Å². The SMILES string of the molecule is CC(C)C1CN(C)c2c(cccc2N2CCNCC2)O1. The molecular weight excluding hydrogens is 250 g/mol. The van der Waals surface area contributed by atoms with Crippen molar-refractivity contribution in [2.24, 2.45) is 5.92 Å². The van der Waals surface area contributed by atoms with E-state index in [0.717, 1.165) is 38.5 Å². The van der Waals surface area contributed by atoms with Crippen LogP contribution >= 0.6 is 0 Å². The molecule has 0 spiro atoms. The summed E-state index contributed by atoms with van der Waals surface area (Å²) < 4.78 is 6.21. The second-order valence-electron chi connectivity index (χ2n) is 6.14. The molecule has 4 nitrogen and oxygen atoms in total. The van der Waals surface area contributed by atoms with Gasteiger partial charge in [0, 0.05) is 33.2 Å². The fourth-order valence-electron chi connectivity index (χ4n) is 3.06. The van der Waals surface area contributed by atoms with E-state index in [-0.39, 0.29) is 6.10 Å². The highest BCUT2D eigenvalue weighted by atomic mass is 16.5. The predicted molar refractivity (Wildman–Crippen MR) is 84.0 cm³/mol. The van der Waals surface area contributed by atoms with Crippen LogP contribution in [-0.4, -0.2) is 45.9 Å². The number of nitrogens with zero attached hydrogens (tertiary/aromatic N) is 2. The highest BCUT2D eigenvalue weighted by Crippen LogP contribution is 2.41. The zero-order chi connectivity index (χ0) is 14.1. The molecule has 0 bridgehead atoms. The summed E-state index contributed by atoms with van der Waals surface area (Å²) in [5, 5.41) is 3.41. The molecule has 2 aliphatic heterocycles. The molecule has 1 saturated heterocycles. The quantitative estimate of drug-likeness (QED) is 0.893. The monoisotopic (exact) mass is 275 g/mol. The summed E-state index contributed by atoms with van der Waals surface area (Å²) in [7, 11) is 2.18. The summed E-state index contributed by atoms with van der Waals surface area (Å²) in [6.45, 7) is 9.67. The molecule has 1 fully saturated rings. The van der Waals surface area contributed by atoms with Gasteiger partial charge >= 0.3 is 0 Å². The third-order valence-electron chi connectivity index (χ3n) is 4.29. The normalized spacial score (nSPS) is 22.7. The molecule has 3 rings (SSSR count). The van der Waals surface area contributed by atoms with Gasteiger partial charge in [-0.1, -0.05) is 19.9 Å². The third kappa shape index (κ3) is 2.44. The number of benzene rings is 1. The molecule has 4 heteroatoms. The Labute approximate surface area is 121 Å². The number of para-hydroxylation sites is 1. The van der Waals surface area contributed by atoms with Gasteiger partial charge < -0.3 is 19.9 Å². The van der Waals surface area contributed by atoms with E-state index in [0.29, 0.717) is 5.92 Å². The molecule has 2 aliphatic rings. The first-order valence-electron chi connectivity index (χ1n) is 7.63. The van der Waals surface area contributed by atoms with Crippen molar-refractivity contribution >= 4 is 11.4 Å². The van der Waals surface area contributed by atoms with Crippen LogP contribution in [0.2, 0.25) is 0 Å². The molecule has 0 amide bonds. The minimum absolute atomic E-state index is 0.283. The van der Waals surface area contributed by atoms with Crippen molar-refractivity contribution in [3.63, 3.8) is 0 Å². The van der Waals surface area contributed by atoms with Gasteiger partial charge in [0.2, 0.25) is 0 Å². The molecule has 1 aromatic rings. The number of ether oxygens (including phenoxy) is 1. The molecule has 2 heterocycles. The smallest absolute Gasteiger partial charge is 0.145 e. The largest absolute Gasteiger partial charge is 0.486 e. The minimum atomic E-state index is 0.283. The standard InChI is InChI=1S/C16H25N3O/c1-12(2)15-11-18(3)16-13(5-4-6-14(16)20-15)19-9-7-17-8-10-19/h4-6,12,15,17H,7-11H2,1-3H3. The average Bonchev–Trinajstić information content (AvgIpc) is 2.47. The van der Waals surface area contributed by atoms with E-state index in [1.54, 1.807) is 0 Å². The Morgan fingerprint density at radius 2 is 2.00 bits per heavy atom. The van der Waals surface area contributed by atoms with Crippen molar-refractivity contribution in [3.05, 3.63) is 18.2 Å². The summed E-state index contributed by atoms with van der Waals surface area (Å²) in [6.07, 6.45) is 0.283. The number of anilines is 2. The van der Waals surface area contributed by atoms with Gasteiger partial charge in [0.05, 0.1) is 12.2 Å². The van der Waals surface area contributed by atoms with Gasteiger partial charge in [-0.25, -0.2) is 0 Å². The average molecular weight is 275 g/mol. The Kier molecular flexibility index (Phi) is 3.74. The number of likely N-dealkylation sites (N-methyl/N-ethyl adjacent to an activating group) is 1. The molecule has 0 saturated carbocycles. The molecular formula is C16H25N3O. The van der Waals surface area contributed by atoms with Crippen LogP contribution in [0.5, 0.6) is 5.75 Å². The van der Waals surface area contributed by atoms with Gasteiger partial charge in [0.15, 0.2) is 0 Å². The molecule has 110 valence electrons. The first-order chi connectivity index (χ1) is 9.66. The minimum Gasteiger partial charge on any atom is -0.486 e. The highest BCUT2D eigenvalue weighted by Gasteiger charge is 2.29. The maximum Gasteiger partial charge on any atom is 0.145 e. The summed E-state index contributed by atoms with van der Waals surface area (Å²) in [6, 6.07) is 6.44. The number of fused-ring (bicyclic) bond motifs is 1. The lowest BCUT2D eigenvalue weighted by Crippen LogP contribution is -2.45. The van der Waals surface area contributed by atoms with Crippen molar-refractivity contribution < 1.29 is 4.74 Å². The fourth-order valence-corrected chi connectivity index (χ4v) is 3.06. The molecule has 1 unspecified atom stereocenters. The first kappa shape index (κ1) is 13.6. The summed E-state index contributed by atoms with van der Waals surface area (Å²) >= 11 is 0. The van der Waals surface area contributed by atoms with Crippen molar-refractivity contribution in [2.75, 3.05) is 49.6 Å². The Bertz CT molecular complexity index is 469. The van der Waals surface area contributed by atoms with E-state index in [1.165, 1.54) is 11.4 Å². The second kappa shape index (κ2) is 5.52.